The minimum atomic E-state index is -0.720. The molecule has 0 spiro atoms. The molecular formula is C19H42N6O4. The molecule has 9 N–H and O–H groups in total. The molecule has 0 aromatic carbocycles. The van der Waals surface area contributed by atoms with Gasteiger partial charge in [0.15, 0.2) is 0 Å². The Kier molecular flexibility index (Phi) is 23.1. The molecular weight excluding hydrogens is 376 g/mol. The summed E-state index contributed by atoms with van der Waals surface area (Å²) >= 11 is 0. The molecule has 0 unspecified atom stereocenters. The van der Waals surface area contributed by atoms with Gasteiger partial charge in [0.25, 0.3) is 0 Å². The van der Waals surface area contributed by atoms with Crippen molar-refractivity contribution in [3.8, 4) is 12.1 Å². The maximum absolute atomic E-state index is 9.72. The van der Waals surface area contributed by atoms with E-state index in [-0.39, 0.29) is 26.2 Å². The van der Waals surface area contributed by atoms with Crippen LogP contribution in [0.25, 0.3) is 0 Å². The van der Waals surface area contributed by atoms with Crippen LogP contribution in [0.5, 0.6) is 0 Å². The predicted octanol–water partition coefficient (Wildman–Crippen LogP) is -0.765. The number of nitrogens with one attached hydrogen (secondary N) is 2. The number of aliphatic hydroxyl groups excluding tert-OH is 2. The highest BCUT2D eigenvalue weighted by Gasteiger charge is 2.13. The molecule has 10 nitrogen and oxygen atoms in total. The van der Waals surface area contributed by atoms with Crippen LogP contribution in [0.3, 0.4) is 0 Å². The molecule has 172 valence electrons. The monoisotopic (exact) mass is 418 g/mol. The maximum atomic E-state index is 9.72. The molecule has 10 heteroatoms. The van der Waals surface area contributed by atoms with Crippen molar-refractivity contribution >= 4 is 12.8 Å². The van der Waals surface area contributed by atoms with Crippen LogP contribution < -0.4 is 22.1 Å². The van der Waals surface area contributed by atoms with Gasteiger partial charge >= 0.3 is 0 Å². The van der Waals surface area contributed by atoms with Crippen molar-refractivity contribution in [3.05, 3.63) is 7.43 Å². The summed E-state index contributed by atoms with van der Waals surface area (Å²) in [6, 6.07) is 3.80. The standard InChI is InChI=1S/2C5H8N2O.2C4H11NO.CH3/c2*1-5(2,3-6)7-4-8;2*1-4(2,5)3-6;/h2*4H,1-2H3,(H,7,8);2*6H,3,5H2,1-2H3;1H3/q;;;;-1/p+1. The lowest BCUT2D eigenvalue weighted by molar-refractivity contribution is -0.471. The van der Waals surface area contributed by atoms with E-state index in [9.17, 15) is 9.59 Å². The zero-order chi connectivity index (χ0) is 23.7. The molecule has 0 heterocycles. The lowest BCUT2D eigenvalue weighted by Crippen LogP contribution is -2.71. The Hall–Kier alpha value is -2.24. The normalized spacial score (nSPS) is 10.3. The van der Waals surface area contributed by atoms with Gasteiger partial charge in [-0.2, -0.15) is 10.5 Å². The van der Waals surface area contributed by atoms with E-state index in [1.165, 1.54) is 0 Å². The van der Waals surface area contributed by atoms with Gasteiger partial charge in [0.2, 0.25) is 12.8 Å². The molecule has 2 amide bonds. The first-order valence-electron chi connectivity index (χ1n) is 8.48. The number of aliphatic hydroxyl groups is 2. The SMILES string of the molecule is CC(C)(C#N)NC=O.CC(C)(C#N)NC=O.CC(C)(N)CO.CC(C)([NH3+])CO.[CH3-]. The van der Waals surface area contributed by atoms with Gasteiger partial charge in [-0.15, -0.1) is 0 Å². The van der Waals surface area contributed by atoms with Gasteiger partial charge < -0.3 is 39.7 Å². The van der Waals surface area contributed by atoms with Crippen molar-refractivity contribution in [2.45, 2.75) is 77.5 Å². The van der Waals surface area contributed by atoms with Crippen LogP contribution in [-0.4, -0.2) is 58.4 Å². The predicted molar refractivity (Wildman–Crippen MR) is 114 cm³/mol. The number of carbonyl (C=O) groups excluding carboxylic acids is 2. The Morgan fingerprint density at radius 1 is 0.862 bits per heavy atom. The fourth-order valence-corrected chi connectivity index (χ4v) is 0.359. The molecule has 29 heavy (non-hydrogen) atoms. The fraction of sp³-hybridized carbons (Fsp3) is 0.737. The summed E-state index contributed by atoms with van der Waals surface area (Å²) < 4.78 is 0. The zero-order valence-corrected chi connectivity index (χ0v) is 19.5. The molecule has 0 aromatic heterocycles. The Balaban J connectivity index is -0.0000000881. The number of nitrogens with two attached hydrogens (primary N) is 1. The summed E-state index contributed by atoms with van der Waals surface area (Å²) in [7, 11) is 0. The van der Waals surface area contributed by atoms with Crippen LogP contribution in [0.2, 0.25) is 0 Å². The molecule has 0 aliphatic heterocycles. The van der Waals surface area contributed by atoms with Crippen LogP contribution in [-0.2, 0) is 9.59 Å². The van der Waals surface area contributed by atoms with Crippen LogP contribution in [0.15, 0.2) is 0 Å². The van der Waals surface area contributed by atoms with E-state index in [0.717, 1.165) is 0 Å². The van der Waals surface area contributed by atoms with E-state index < -0.39 is 16.6 Å². The highest BCUT2D eigenvalue weighted by molar-refractivity contribution is 5.49. The molecule has 0 fully saturated rings. The smallest absolute Gasteiger partial charge is 0.208 e. The summed E-state index contributed by atoms with van der Waals surface area (Å²) in [5.74, 6) is 0. The number of amides is 2. The Morgan fingerprint density at radius 2 is 1.07 bits per heavy atom. The van der Waals surface area contributed by atoms with E-state index in [2.05, 4.69) is 16.4 Å². The second-order valence-electron chi connectivity index (χ2n) is 8.47. The number of hydrogen-bond acceptors (Lipinski definition) is 7. The molecule has 0 saturated heterocycles. The topological polar surface area (TPSA) is 200 Å². The first-order chi connectivity index (χ1) is 12.4. The minimum absolute atomic E-state index is 0. The molecule has 0 aliphatic rings. The first-order valence-corrected chi connectivity index (χ1v) is 8.48. The average Bonchev–Trinajstić information content (AvgIpc) is 2.55. The second kappa shape index (κ2) is 17.8. The van der Waals surface area contributed by atoms with E-state index >= 15 is 0 Å². The van der Waals surface area contributed by atoms with Gasteiger partial charge in [-0.3, -0.25) is 9.59 Å². The van der Waals surface area contributed by atoms with Crippen molar-refractivity contribution in [1.82, 2.24) is 10.6 Å². The van der Waals surface area contributed by atoms with Gasteiger partial charge in [0.1, 0.15) is 16.6 Å². The number of hydrogen-bond donors (Lipinski definition) is 6. The third-order valence-corrected chi connectivity index (χ3v) is 2.23. The lowest BCUT2D eigenvalue weighted by atomic mass is 10.1. The van der Waals surface area contributed by atoms with Crippen molar-refractivity contribution in [1.29, 1.82) is 10.5 Å². The molecule has 0 bridgehead atoms. The van der Waals surface area contributed by atoms with Gasteiger partial charge in [0.05, 0.1) is 25.4 Å². The molecule has 0 atom stereocenters. The first kappa shape index (κ1) is 37.5. The summed E-state index contributed by atoms with van der Waals surface area (Å²) in [5, 5.41) is 37.8. The van der Waals surface area contributed by atoms with Crippen molar-refractivity contribution in [2.75, 3.05) is 13.2 Å². The van der Waals surface area contributed by atoms with Crippen molar-refractivity contribution in [3.63, 3.8) is 0 Å². The molecule has 0 radical (unpaired) electrons. The molecule has 0 aliphatic carbocycles. The quantitative estimate of drug-likeness (QED) is 0.240. The van der Waals surface area contributed by atoms with E-state index in [0.29, 0.717) is 12.8 Å². The van der Waals surface area contributed by atoms with Crippen molar-refractivity contribution < 1.29 is 25.5 Å². The molecule has 0 rings (SSSR count). The summed E-state index contributed by atoms with van der Waals surface area (Å²) in [4.78, 5) is 19.4. The van der Waals surface area contributed by atoms with Gasteiger partial charge in [-0.25, -0.2) is 0 Å². The van der Waals surface area contributed by atoms with Crippen LogP contribution in [0.4, 0.5) is 0 Å². The maximum Gasteiger partial charge on any atom is 0.208 e. The highest BCUT2D eigenvalue weighted by Crippen LogP contribution is 1.95. The van der Waals surface area contributed by atoms with Crippen LogP contribution >= 0.6 is 0 Å². The van der Waals surface area contributed by atoms with E-state index in [1.807, 2.05) is 26.0 Å². The minimum Gasteiger partial charge on any atom is -0.394 e. The highest BCUT2D eigenvalue weighted by atomic mass is 16.3. The van der Waals surface area contributed by atoms with E-state index in [1.54, 1.807) is 41.5 Å². The number of quaternary nitrogens is 1. The van der Waals surface area contributed by atoms with Crippen LogP contribution in [0, 0.1) is 30.1 Å². The third kappa shape index (κ3) is 46.1. The molecule has 0 saturated carbocycles. The summed E-state index contributed by atoms with van der Waals surface area (Å²) in [6.45, 7) is 14.0. The number of carbonyl (C=O) groups is 2. The second-order valence-corrected chi connectivity index (χ2v) is 8.47. The van der Waals surface area contributed by atoms with Gasteiger partial charge in [-0.05, 0) is 55.4 Å². The summed E-state index contributed by atoms with van der Waals surface area (Å²) in [5.41, 5.74) is 6.93. The summed E-state index contributed by atoms with van der Waals surface area (Å²) in [6.07, 6.45) is 1.03. The number of rotatable bonds is 6. The Bertz CT molecular complexity index is 449. The van der Waals surface area contributed by atoms with Crippen molar-refractivity contribution in [2.24, 2.45) is 5.73 Å². The largest absolute Gasteiger partial charge is 0.394 e. The Morgan fingerprint density at radius 3 is 1.10 bits per heavy atom. The average molecular weight is 419 g/mol. The third-order valence-electron chi connectivity index (χ3n) is 2.23. The van der Waals surface area contributed by atoms with E-state index in [4.69, 9.17) is 26.5 Å². The Labute approximate surface area is 176 Å². The lowest BCUT2D eigenvalue weighted by Gasteiger charge is -2.12. The molecule has 0 aromatic rings. The van der Waals surface area contributed by atoms with Crippen LogP contribution in [0.1, 0.15) is 55.4 Å². The van der Waals surface area contributed by atoms with Gasteiger partial charge in [0, 0.05) is 5.54 Å². The number of nitriles is 2. The zero-order valence-electron chi connectivity index (χ0n) is 19.5. The number of nitrogens with zero attached hydrogens (tertiary/aromatic N) is 2. The van der Waals surface area contributed by atoms with Gasteiger partial charge in [-0.1, -0.05) is 0 Å². The fourth-order valence-electron chi connectivity index (χ4n) is 0.359.